The van der Waals surface area contributed by atoms with E-state index in [1.165, 1.54) is 0 Å². The Bertz CT molecular complexity index is 879. The van der Waals surface area contributed by atoms with Crippen LogP contribution in [0.4, 0.5) is 4.79 Å². The zero-order valence-electron chi connectivity index (χ0n) is 13.3. The Morgan fingerprint density at radius 2 is 1.52 bits per heavy atom. The zero-order valence-corrected chi connectivity index (χ0v) is 13.3. The SMILES string of the molecule is CC(C)(C)OC(=O)NN=c1c2ccccc2oc2ccccc12. The van der Waals surface area contributed by atoms with Crippen molar-refractivity contribution in [3.05, 3.63) is 53.9 Å². The molecule has 0 spiro atoms. The van der Waals surface area contributed by atoms with Gasteiger partial charge in [-0.3, -0.25) is 0 Å². The predicted octanol–water partition coefficient (Wildman–Crippen LogP) is 3.93. The number of rotatable bonds is 1. The predicted molar refractivity (Wildman–Crippen MR) is 88.7 cm³/mol. The maximum absolute atomic E-state index is 11.9. The summed E-state index contributed by atoms with van der Waals surface area (Å²) in [6, 6.07) is 15.1. The van der Waals surface area contributed by atoms with Crippen molar-refractivity contribution in [2.24, 2.45) is 5.10 Å². The van der Waals surface area contributed by atoms with Gasteiger partial charge in [-0.15, -0.1) is 0 Å². The first-order valence-electron chi connectivity index (χ1n) is 7.37. The fourth-order valence-electron chi connectivity index (χ4n) is 2.29. The largest absolute Gasteiger partial charge is 0.456 e. The van der Waals surface area contributed by atoms with Crippen molar-refractivity contribution in [1.82, 2.24) is 5.43 Å². The summed E-state index contributed by atoms with van der Waals surface area (Å²) in [5, 5.41) is 6.55. The zero-order chi connectivity index (χ0) is 16.4. The van der Waals surface area contributed by atoms with Crippen LogP contribution in [0.2, 0.25) is 0 Å². The lowest BCUT2D eigenvalue weighted by Crippen LogP contribution is -2.31. The number of fused-ring (bicyclic) bond motifs is 2. The van der Waals surface area contributed by atoms with Crippen molar-refractivity contribution >= 4 is 28.0 Å². The van der Waals surface area contributed by atoms with Gasteiger partial charge in [0.15, 0.2) is 0 Å². The van der Waals surface area contributed by atoms with Gasteiger partial charge < -0.3 is 9.15 Å². The third kappa shape index (κ3) is 3.34. The van der Waals surface area contributed by atoms with Crippen LogP contribution < -0.4 is 10.8 Å². The molecule has 0 radical (unpaired) electrons. The molecule has 0 bridgehead atoms. The smallest absolute Gasteiger partial charge is 0.428 e. The van der Waals surface area contributed by atoms with E-state index in [4.69, 9.17) is 9.15 Å². The summed E-state index contributed by atoms with van der Waals surface area (Å²) in [5.74, 6) is 0. The number of benzene rings is 2. The van der Waals surface area contributed by atoms with Gasteiger partial charge in [0.2, 0.25) is 0 Å². The molecule has 0 aliphatic rings. The maximum atomic E-state index is 11.9. The molecular formula is C18H18N2O3. The molecule has 0 unspecified atom stereocenters. The highest BCUT2D eigenvalue weighted by Gasteiger charge is 2.15. The molecule has 5 heteroatoms. The normalized spacial score (nSPS) is 11.4. The summed E-state index contributed by atoms with van der Waals surface area (Å²) in [7, 11) is 0. The Labute approximate surface area is 133 Å². The van der Waals surface area contributed by atoms with Crippen LogP contribution in [0, 0.1) is 0 Å². The van der Waals surface area contributed by atoms with Crippen LogP contribution in [0.25, 0.3) is 21.9 Å². The summed E-state index contributed by atoms with van der Waals surface area (Å²) in [6.45, 7) is 5.41. The first kappa shape index (κ1) is 15.1. The molecule has 0 saturated heterocycles. The van der Waals surface area contributed by atoms with E-state index in [0.29, 0.717) is 16.5 Å². The van der Waals surface area contributed by atoms with Crippen molar-refractivity contribution in [3.8, 4) is 0 Å². The van der Waals surface area contributed by atoms with E-state index in [-0.39, 0.29) is 0 Å². The molecular weight excluding hydrogens is 292 g/mol. The molecule has 1 amide bonds. The van der Waals surface area contributed by atoms with Crippen LogP contribution >= 0.6 is 0 Å². The quantitative estimate of drug-likeness (QED) is 0.547. The van der Waals surface area contributed by atoms with Crippen LogP contribution in [0.15, 0.2) is 58.0 Å². The number of carbonyl (C=O) groups excluding carboxylic acids is 1. The number of nitrogens with one attached hydrogen (secondary N) is 1. The van der Waals surface area contributed by atoms with Gasteiger partial charge in [0.05, 0.1) is 0 Å². The topological polar surface area (TPSA) is 63.8 Å². The molecule has 0 aliphatic carbocycles. The second-order valence-electron chi connectivity index (χ2n) is 6.17. The molecule has 0 fully saturated rings. The van der Waals surface area contributed by atoms with Crippen molar-refractivity contribution in [2.45, 2.75) is 26.4 Å². The Hall–Kier alpha value is -2.82. The van der Waals surface area contributed by atoms with E-state index < -0.39 is 11.7 Å². The number of amides is 1. The lowest BCUT2D eigenvalue weighted by Gasteiger charge is -2.18. The number of nitrogens with zero attached hydrogens (tertiary/aromatic N) is 1. The number of carbonyl (C=O) groups is 1. The Morgan fingerprint density at radius 3 is 2.04 bits per heavy atom. The number of ether oxygens (including phenoxy) is 1. The average Bonchev–Trinajstić information content (AvgIpc) is 2.49. The highest BCUT2D eigenvalue weighted by atomic mass is 16.6. The lowest BCUT2D eigenvalue weighted by molar-refractivity contribution is 0.0527. The van der Waals surface area contributed by atoms with E-state index >= 15 is 0 Å². The van der Waals surface area contributed by atoms with Crippen molar-refractivity contribution in [1.29, 1.82) is 0 Å². The van der Waals surface area contributed by atoms with E-state index in [1.54, 1.807) is 20.8 Å². The van der Waals surface area contributed by atoms with Gasteiger partial charge in [-0.2, -0.15) is 5.10 Å². The van der Waals surface area contributed by atoms with E-state index in [0.717, 1.165) is 10.8 Å². The summed E-state index contributed by atoms with van der Waals surface area (Å²) < 4.78 is 11.1. The second-order valence-corrected chi connectivity index (χ2v) is 6.17. The molecule has 2 aromatic carbocycles. The highest BCUT2D eigenvalue weighted by molar-refractivity contribution is 5.89. The first-order chi connectivity index (χ1) is 10.9. The maximum Gasteiger partial charge on any atom is 0.428 e. The number of hydrogen-bond acceptors (Lipinski definition) is 4. The molecule has 23 heavy (non-hydrogen) atoms. The number of hydrogen-bond donors (Lipinski definition) is 1. The van der Waals surface area contributed by atoms with Gasteiger partial charge in [-0.05, 0) is 45.0 Å². The van der Waals surface area contributed by atoms with E-state index in [1.807, 2.05) is 48.5 Å². The Balaban J connectivity index is 2.13. The molecule has 0 saturated carbocycles. The summed E-state index contributed by atoms with van der Waals surface area (Å²) in [5.41, 5.74) is 3.30. The van der Waals surface area contributed by atoms with Crippen molar-refractivity contribution in [3.63, 3.8) is 0 Å². The standard InChI is InChI=1S/C18H18N2O3/c1-18(2,3)23-17(21)20-19-16-12-8-4-6-10-14(12)22-15-11-7-5-9-13(15)16/h4-11H,1-3H3,(H,20,21). The minimum Gasteiger partial charge on any atom is -0.456 e. The van der Waals surface area contributed by atoms with Gasteiger partial charge in [0, 0.05) is 10.8 Å². The van der Waals surface area contributed by atoms with Crippen LogP contribution in [0.1, 0.15) is 20.8 Å². The fourth-order valence-corrected chi connectivity index (χ4v) is 2.29. The fraction of sp³-hybridized carbons (Fsp3) is 0.222. The number of para-hydroxylation sites is 2. The third-order valence-corrected chi connectivity index (χ3v) is 3.16. The Morgan fingerprint density at radius 1 is 1.00 bits per heavy atom. The summed E-state index contributed by atoms with van der Waals surface area (Å²) >= 11 is 0. The van der Waals surface area contributed by atoms with Crippen LogP contribution in [0.3, 0.4) is 0 Å². The molecule has 1 N–H and O–H groups in total. The van der Waals surface area contributed by atoms with Crippen LogP contribution in [0.5, 0.6) is 0 Å². The molecule has 118 valence electrons. The van der Waals surface area contributed by atoms with Gasteiger partial charge in [-0.1, -0.05) is 24.3 Å². The van der Waals surface area contributed by atoms with Crippen LogP contribution in [-0.4, -0.2) is 11.7 Å². The minimum absolute atomic E-state index is 0.574. The van der Waals surface area contributed by atoms with E-state index in [9.17, 15) is 4.79 Å². The average molecular weight is 310 g/mol. The van der Waals surface area contributed by atoms with E-state index in [2.05, 4.69) is 10.5 Å². The van der Waals surface area contributed by atoms with Gasteiger partial charge in [-0.25, -0.2) is 10.2 Å². The Kier molecular flexibility index (Phi) is 3.78. The summed E-state index contributed by atoms with van der Waals surface area (Å²) in [6.07, 6.45) is -0.591. The molecule has 3 rings (SSSR count). The first-order valence-corrected chi connectivity index (χ1v) is 7.37. The second kappa shape index (κ2) is 5.76. The minimum atomic E-state index is -0.591. The van der Waals surface area contributed by atoms with Crippen molar-refractivity contribution < 1.29 is 13.9 Å². The summed E-state index contributed by atoms with van der Waals surface area (Å²) in [4.78, 5) is 11.9. The third-order valence-electron chi connectivity index (χ3n) is 3.16. The van der Waals surface area contributed by atoms with Crippen LogP contribution in [-0.2, 0) is 4.74 Å². The lowest BCUT2D eigenvalue weighted by atomic mass is 10.1. The molecule has 1 heterocycles. The highest BCUT2D eigenvalue weighted by Crippen LogP contribution is 2.17. The molecule has 5 nitrogen and oxygen atoms in total. The van der Waals surface area contributed by atoms with Gasteiger partial charge in [0.1, 0.15) is 22.1 Å². The van der Waals surface area contributed by atoms with Gasteiger partial charge in [0.25, 0.3) is 0 Å². The molecule has 3 aromatic rings. The molecule has 0 aliphatic heterocycles. The van der Waals surface area contributed by atoms with Gasteiger partial charge >= 0.3 is 6.09 Å². The monoisotopic (exact) mass is 310 g/mol. The molecule has 1 aromatic heterocycles. The molecule has 0 atom stereocenters. The van der Waals surface area contributed by atoms with Crippen molar-refractivity contribution in [2.75, 3.05) is 0 Å².